The van der Waals surface area contributed by atoms with Crippen LogP contribution in [0.4, 0.5) is 10.1 Å². The van der Waals surface area contributed by atoms with Crippen molar-refractivity contribution in [3.05, 3.63) is 28.5 Å². The Hall–Kier alpha value is -1.19. The number of carbonyl (C=O) groups is 1. The Bertz CT molecular complexity index is 645. The van der Waals surface area contributed by atoms with Crippen LogP contribution in [-0.4, -0.2) is 36.9 Å². The Morgan fingerprint density at radius 1 is 1.38 bits per heavy atom. The number of halogens is 2. The quantitative estimate of drug-likeness (QED) is 0.836. The van der Waals surface area contributed by atoms with Crippen molar-refractivity contribution in [2.75, 3.05) is 17.8 Å². The largest absolute Gasteiger partial charge is 0.481 e. The van der Waals surface area contributed by atoms with Gasteiger partial charge in [-0.15, -0.1) is 0 Å². The third-order valence-corrected chi connectivity index (χ3v) is 5.46. The molecule has 6 nitrogen and oxygen atoms in total. The minimum atomic E-state index is -3.77. The van der Waals surface area contributed by atoms with Gasteiger partial charge in [0.1, 0.15) is 5.82 Å². The maximum atomic E-state index is 13.1. The van der Waals surface area contributed by atoms with E-state index in [0.717, 1.165) is 6.07 Å². The Balaban J connectivity index is 2.05. The van der Waals surface area contributed by atoms with E-state index in [0.29, 0.717) is 0 Å². The first kappa shape index (κ1) is 16.2. The molecule has 21 heavy (non-hydrogen) atoms. The van der Waals surface area contributed by atoms with Gasteiger partial charge in [-0.25, -0.2) is 4.39 Å². The monoisotopic (exact) mass is 380 g/mol. The van der Waals surface area contributed by atoms with Crippen molar-refractivity contribution >= 4 is 37.8 Å². The molecule has 0 spiro atoms. The van der Waals surface area contributed by atoms with E-state index in [-0.39, 0.29) is 36.1 Å². The minimum Gasteiger partial charge on any atom is -0.481 e. The average Bonchev–Trinajstić information content (AvgIpc) is 2.43. The molecule has 2 rings (SSSR count). The van der Waals surface area contributed by atoms with Gasteiger partial charge in [-0.05, 0) is 47.0 Å². The topological polar surface area (TPSA) is 86.7 Å². The number of nitrogens with one attached hydrogen (secondary N) is 1. The molecule has 1 aromatic carbocycles. The minimum absolute atomic E-state index is 0.147. The molecule has 1 heterocycles. The number of anilines is 1. The zero-order chi connectivity index (χ0) is 15.6. The van der Waals surface area contributed by atoms with Gasteiger partial charge in [-0.2, -0.15) is 12.7 Å². The molecule has 0 unspecified atom stereocenters. The van der Waals surface area contributed by atoms with Gasteiger partial charge < -0.3 is 5.11 Å². The van der Waals surface area contributed by atoms with Gasteiger partial charge in [0.05, 0.1) is 16.1 Å². The highest BCUT2D eigenvalue weighted by molar-refractivity contribution is 9.10. The molecular weight excluding hydrogens is 367 g/mol. The van der Waals surface area contributed by atoms with Crippen LogP contribution in [-0.2, 0) is 15.0 Å². The Labute approximate surface area is 130 Å². The van der Waals surface area contributed by atoms with E-state index in [4.69, 9.17) is 5.11 Å². The second kappa shape index (κ2) is 6.29. The molecular formula is C12H14BrFN2O4S. The molecule has 0 saturated carbocycles. The second-order valence-electron chi connectivity index (χ2n) is 4.75. The first-order chi connectivity index (χ1) is 9.79. The van der Waals surface area contributed by atoms with Crippen LogP contribution in [0.2, 0.25) is 0 Å². The van der Waals surface area contributed by atoms with Crippen LogP contribution in [0.5, 0.6) is 0 Å². The van der Waals surface area contributed by atoms with Gasteiger partial charge >= 0.3 is 16.2 Å². The smallest absolute Gasteiger partial charge is 0.306 e. The fourth-order valence-electron chi connectivity index (χ4n) is 2.12. The molecule has 0 aliphatic carbocycles. The van der Waals surface area contributed by atoms with E-state index in [1.54, 1.807) is 0 Å². The summed E-state index contributed by atoms with van der Waals surface area (Å²) in [4.78, 5) is 10.8. The molecule has 1 saturated heterocycles. The fraction of sp³-hybridized carbons (Fsp3) is 0.417. The Morgan fingerprint density at radius 2 is 2.00 bits per heavy atom. The summed E-state index contributed by atoms with van der Waals surface area (Å²) in [5, 5.41) is 8.89. The van der Waals surface area contributed by atoms with Crippen LogP contribution in [0.15, 0.2) is 22.7 Å². The number of rotatable bonds is 4. The van der Waals surface area contributed by atoms with E-state index < -0.39 is 27.9 Å². The highest BCUT2D eigenvalue weighted by Gasteiger charge is 2.30. The summed E-state index contributed by atoms with van der Waals surface area (Å²) in [6, 6.07) is 3.80. The number of aliphatic carboxylic acids is 1. The molecule has 9 heteroatoms. The van der Waals surface area contributed by atoms with Crippen LogP contribution in [0.3, 0.4) is 0 Å². The molecule has 116 valence electrons. The molecule has 1 fully saturated rings. The highest BCUT2D eigenvalue weighted by atomic mass is 79.9. The van der Waals surface area contributed by atoms with Crippen LogP contribution < -0.4 is 4.72 Å². The van der Waals surface area contributed by atoms with Crippen molar-refractivity contribution in [1.29, 1.82) is 0 Å². The average molecular weight is 381 g/mol. The first-order valence-electron chi connectivity index (χ1n) is 6.25. The molecule has 1 aliphatic rings. The lowest BCUT2D eigenvalue weighted by Gasteiger charge is -2.29. The van der Waals surface area contributed by atoms with Crippen molar-refractivity contribution in [3.8, 4) is 0 Å². The molecule has 0 aromatic heterocycles. The van der Waals surface area contributed by atoms with Crippen LogP contribution in [0, 0.1) is 11.7 Å². The zero-order valence-electron chi connectivity index (χ0n) is 10.9. The molecule has 1 aliphatic heterocycles. The maximum absolute atomic E-state index is 13.1. The van der Waals surface area contributed by atoms with Crippen LogP contribution >= 0.6 is 15.9 Å². The molecule has 2 N–H and O–H groups in total. The number of hydrogen-bond acceptors (Lipinski definition) is 3. The van der Waals surface area contributed by atoms with E-state index in [9.17, 15) is 17.6 Å². The summed E-state index contributed by atoms with van der Waals surface area (Å²) >= 11 is 2.98. The van der Waals surface area contributed by atoms with Gasteiger partial charge in [0.15, 0.2) is 0 Å². The molecule has 0 amide bonds. The third-order valence-electron chi connectivity index (χ3n) is 3.31. The third kappa shape index (κ3) is 3.92. The summed E-state index contributed by atoms with van der Waals surface area (Å²) in [6.07, 6.45) is 0.562. The molecule has 1 aromatic rings. The van der Waals surface area contributed by atoms with Crippen molar-refractivity contribution in [1.82, 2.24) is 4.31 Å². The molecule has 0 bridgehead atoms. The highest BCUT2D eigenvalue weighted by Crippen LogP contribution is 2.24. The summed E-state index contributed by atoms with van der Waals surface area (Å²) in [6.45, 7) is 0.295. The predicted octanol–water partition coefficient (Wildman–Crippen LogP) is 2.04. The number of benzene rings is 1. The van der Waals surface area contributed by atoms with Gasteiger partial charge in [0.2, 0.25) is 0 Å². The van der Waals surface area contributed by atoms with Crippen LogP contribution in [0.25, 0.3) is 0 Å². The van der Waals surface area contributed by atoms with Crippen molar-refractivity contribution in [3.63, 3.8) is 0 Å². The number of carboxylic acid groups (broad SMARTS) is 1. The summed E-state index contributed by atoms with van der Waals surface area (Å²) in [7, 11) is -3.77. The SMILES string of the molecule is O=C(O)C1CCN(S(=O)(=O)Nc2ccc(F)c(Br)c2)CC1. The summed E-state index contributed by atoms with van der Waals surface area (Å²) < 4.78 is 41.2. The normalized spacial score (nSPS) is 17.6. The van der Waals surface area contributed by atoms with E-state index in [1.165, 1.54) is 16.4 Å². The predicted molar refractivity (Wildman–Crippen MR) is 78.6 cm³/mol. The van der Waals surface area contributed by atoms with Gasteiger partial charge in [0, 0.05) is 13.1 Å². The van der Waals surface area contributed by atoms with Crippen molar-refractivity contribution in [2.45, 2.75) is 12.8 Å². The van der Waals surface area contributed by atoms with E-state index in [2.05, 4.69) is 20.7 Å². The lowest BCUT2D eigenvalue weighted by atomic mass is 9.99. The first-order valence-corrected chi connectivity index (χ1v) is 8.48. The maximum Gasteiger partial charge on any atom is 0.306 e. The lowest BCUT2D eigenvalue weighted by Crippen LogP contribution is -2.42. The Kier molecular flexibility index (Phi) is 4.84. The van der Waals surface area contributed by atoms with Crippen molar-refractivity contribution in [2.24, 2.45) is 5.92 Å². The van der Waals surface area contributed by atoms with E-state index >= 15 is 0 Å². The second-order valence-corrected chi connectivity index (χ2v) is 7.27. The fourth-order valence-corrected chi connectivity index (χ4v) is 3.74. The van der Waals surface area contributed by atoms with Crippen LogP contribution in [0.1, 0.15) is 12.8 Å². The lowest BCUT2D eigenvalue weighted by molar-refractivity contribution is -0.142. The summed E-state index contributed by atoms with van der Waals surface area (Å²) in [5.41, 5.74) is 0.239. The van der Waals surface area contributed by atoms with Gasteiger partial charge in [-0.3, -0.25) is 9.52 Å². The molecule has 0 atom stereocenters. The van der Waals surface area contributed by atoms with Gasteiger partial charge in [-0.1, -0.05) is 0 Å². The number of piperidine rings is 1. The number of nitrogens with zero attached hydrogens (tertiary/aromatic N) is 1. The van der Waals surface area contributed by atoms with Gasteiger partial charge in [0.25, 0.3) is 0 Å². The number of carboxylic acids is 1. The standard InChI is InChI=1S/C12H14BrFN2O4S/c13-10-7-9(1-2-11(10)14)15-21(19,20)16-5-3-8(4-6-16)12(17)18/h1-2,7-8,15H,3-6H2,(H,17,18). The van der Waals surface area contributed by atoms with E-state index in [1.807, 2.05) is 0 Å². The molecule has 0 radical (unpaired) electrons. The Morgan fingerprint density at radius 3 is 2.52 bits per heavy atom. The van der Waals surface area contributed by atoms with Crippen molar-refractivity contribution < 1.29 is 22.7 Å². The number of hydrogen-bond donors (Lipinski definition) is 2. The zero-order valence-corrected chi connectivity index (χ0v) is 13.3. The summed E-state index contributed by atoms with van der Waals surface area (Å²) in [5.74, 6) is -1.89.